The van der Waals surface area contributed by atoms with Crippen molar-refractivity contribution in [2.45, 2.75) is 38.0 Å². The van der Waals surface area contributed by atoms with E-state index in [1.165, 1.54) is 5.56 Å². The fraction of sp³-hybridized carbons (Fsp3) is 0.316. The second-order valence-corrected chi connectivity index (χ2v) is 6.34. The van der Waals surface area contributed by atoms with Gasteiger partial charge in [0.25, 0.3) is 5.69 Å². The van der Waals surface area contributed by atoms with E-state index in [1.807, 2.05) is 30.3 Å². The molecule has 0 bridgehead atoms. The Labute approximate surface area is 140 Å². The first-order valence-corrected chi connectivity index (χ1v) is 8.35. The lowest BCUT2D eigenvalue weighted by molar-refractivity contribution is -0.384. The van der Waals surface area contributed by atoms with Crippen LogP contribution in [0.4, 0.5) is 5.69 Å². The highest BCUT2D eigenvalue weighted by atomic mass is 16.6. The zero-order valence-electron chi connectivity index (χ0n) is 13.5. The van der Waals surface area contributed by atoms with Crippen LogP contribution in [0.15, 0.2) is 59.6 Å². The van der Waals surface area contributed by atoms with E-state index in [9.17, 15) is 10.1 Å². The van der Waals surface area contributed by atoms with Crippen LogP contribution < -0.4 is 0 Å². The van der Waals surface area contributed by atoms with Gasteiger partial charge in [0.1, 0.15) is 6.17 Å². The molecular formula is C19H19N3O2. The Hall–Kier alpha value is -2.53. The average molecular weight is 321 g/mol. The monoisotopic (exact) mass is 321 g/mol. The van der Waals surface area contributed by atoms with Crippen LogP contribution in [-0.2, 0) is 0 Å². The number of hydrogen-bond donors (Lipinski definition) is 0. The number of aliphatic imine (C=N–C) groups is 1. The molecule has 0 spiro atoms. The molecule has 0 amide bonds. The van der Waals surface area contributed by atoms with Crippen molar-refractivity contribution in [1.82, 2.24) is 4.90 Å². The van der Waals surface area contributed by atoms with Gasteiger partial charge in [-0.1, -0.05) is 55.8 Å². The summed E-state index contributed by atoms with van der Waals surface area (Å²) in [7, 11) is 0. The quantitative estimate of drug-likeness (QED) is 0.476. The smallest absolute Gasteiger partial charge is 0.268 e. The number of nitro groups is 1. The summed E-state index contributed by atoms with van der Waals surface area (Å²) in [6, 6.07) is 17.8. The zero-order valence-corrected chi connectivity index (χ0v) is 13.5. The molecule has 2 aliphatic heterocycles. The molecule has 0 N–H and O–H groups in total. The Morgan fingerprint density at radius 1 is 1.08 bits per heavy atom. The van der Waals surface area contributed by atoms with Crippen molar-refractivity contribution >= 4 is 11.4 Å². The van der Waals surface area contributed by atoms with E-state index in [2.05, 4.69) is 24.0 Å². The number of rotatable bonds is 5. The van der Waals surface area contributed by atoms with E-state index >= 15 is 0 Å². The molecule has 1 saturated heterocycles. The van der Waals surface area contributed by atoms with E-state index in [0.717, 1.165) is 24.1 Å². The Morgan fingerprint density at radius 3 is 2.42 bits per heavy atom. The van der Waals surface area contributed by atoms with E-state index in [0.29, 0.717) is 6.04 Å². The van der Waals surface area contributed by atoms with Gasteiger partial charge >= 0.3 is 0 Å². The van der Waals surface area contributed by atoms with Gasteiger partial charge < -0.3 is 0 Å². The molecule has 4 rings (SSSR count). The normalized spacial score (nSPS) is 27.5. The molecule has 5 heteroatoms. The molecular weight excluding hydrogens is 302 g/mol. The molecule has 1 fully saturated rings. The molecule has 0 aromatic heterocycles. The summed E-state index contributed by atoms with van der Waals surface area (Å²) in [6.45, 7) is 2.18. The van der Waals surface area contributed by atoms with Gasteiger partial charge in [-0.2, -0.15) is 0 Å². The maximum atomic E-state index is 10.8. The standard InChI is InChI=1S/C19H19N3O2/c1-2-6-16-20-17(13-7-4-3-5-8-13)19-18(21(16)19)14-9-11-15(12-10-14)22(23)24/h3-5,7-12,16,18-19H,2,6H2,1H3. The molecule has 5 nitrogen and oxygen atoms in total. The highest BCUT2D eigenvalue weighted by molar-refractivity contribution is 6.08. The van der Waals surface area contributed by atoms with E-state index in [-0.39, 0.29) is 22.8 Å². The van der Waals surface area contributed by atoms with Crippen molar-refractivity contribution in [3.05, 3.63) is 75.8 Å². The Balaban J connectivity index is 1.63. The van der Waals surface area contributed by atoms with E-state index < -0.39 is 0 Å². The highest BCUT2D eigenvalue weighted by Gasteiger charge is 2.58. The summed E-state index contributed by atoms with van der Waals surface area (Å²) in [5.74, 6) is 0. The van der Waals surface area contributed by atoms with Crippen molar-refractivity contribution in [3.8, 4) is 0 Å². The predicted octanol–water partition coefficient (Wildman–Crippen LogP) is 3.95. The van der Waals surface area contributed by atoms with Crippen LogP contribution in [0.3, 0.4) is 0 Å². The number of non-ortho nitro benzene ring substituents is 1. The van der Waals surface area contributed by atoms with Crippen molar-refractivity contribution in [2.75, 3.05) is 0 Å². The second kappa shape index (κ2) is 5.83. The van der Waals surface area contributed by atoms with Crippen molar-refractivity contribution < 1.29 is 4.92 Å². The van der Waals surface area contributed by atoms with Gasteiger partial charge in [-0.15, -0.1) is 0 Å². The topological polar surface area (TPSA) is 58.5 Å². The lowest BCUT2D eigenvalue weighted by Gasteiger charge is -2.12. The van der Waals surface area contributed by atoms with Gasteiger partial charge in [0.15, 0.2) is 0 Å². The fourth-order valence-electron chi connectivity index (χ4n) is 3.69. The first-order valence-electron chi connectivity index (χ1n) is 8.35. The number of nitro benzene ring substituents is 1. The number of fused-ring (bicyclic) bond motifs is 1. The number of nitrogens with zero attached hydrogens (tertiary/aromatic N) is 3. The number of benzene rings is 2. The summed E-state index contributed by atoms with van der Waals surface area (Å²) in [5, 5.41) is 10.8. The third-order valence-corrected chi connectivity index (χ3v) is 4.83. The second-order valence-electron chi connectivity index (χ2n) is 6.34. The maximum absolute atomic E-state index is 10.8. The highest BCUT2D eigenvalue weighted by Crippen LogP contribution is 2.51. The summed E-state index contributed by atoms with van der Waals surface area (Å²) >= 11 is 0. The average Bonchev–Trinajstić information content (AvgIpc) is 3.24. The summed E-state index contributed by atoms with van der Waals surface area (Å²) < 4.78 is 0. The molecule has 0 saturated carbocycles. The van der Waals surface area contributed by atoms with Crippen molar-refractivity contribution in [1.29, 1.82) is 0 Å². The molecule has 2 aliphatic rings. The summed E-state index contributed by atoms with van der Waals surface area (Å²) in [5.41, 5.74) is 3.60. The molecule has 0 aliphatic carbocycles. The van der Waals surface area contributed by atoms with Crippen LogP contribution in [0.1, 0.15) is 36.9 Å². The van der Waals surface area contributed by atoms with Crippen molar-refractivity contribution in [3.63, 3.8) is 0 Å². The molecule has 0 radical (unpaired) electrons. The molecule has 4 atom stereocenters. The van der Waals surface area contributed by atoms with Gasteiger partial charge in [0, 0.05) is 12.1 Å². The minimum atomic E-state index is -0.353. The van der Waals surface area contributed by atoms with Crippen LogP contribution in [0, 0.1) is 10.1 Å². The Bertz CT molecular complexity index is 786. The fourth-order valence-corrected chi connectivity index (χ4v) is 3.69. The van der Waals surface area contributed by atoms with Crippen molar-refractivity contribution in [2.24, 2.45) is 4.99 Å². The van der Waals surface area contributed by atoms with Crippen LogP contribution >= 0.6 is 0 Å². The predicted molar refractivity (Wildman–Crippen MR) is 93.1 cm³/mol. The lowest BCUT2D eigenvalue weighted by Crippen LogP contribution is -2.14. The molecule has 122 valence electrons. The van der Waals surface area contributed by atoms with Crippen LogP contribution in [0.5, 0.6) is 0 Å². The van der Waals surface area contributed by atoms with E-state index in [4.69, 9.17) is 4.99 Å². The molecule has 24 heavy (non-hydrogen) atoms. The Morgan fingerprint density at radius 2 is 1.79 bits per heavy atom. The molecule has 4 unspecified atom stereocenters. The molecule has 2 heterocycles. The van der Waals surface area contributed by atoms with Gasteiger partial charge in [-0.3, -0.25) is 20.0 Å². The molecule has 2 aromatic rings. The minimum Gasteiger partial charge on any atom is -0.268 e. The third kappa shape index (κ3) is 2.41. The number of hydrogen-bond acceptors (Lipinski definition) is 4. The summed E-state index contributed by atoms with van der Waals surface area (Å²) in [4.78, 5) is 17.8. The first kappa shape index (κ1) is 15.0. The van der Waals surface area contributed by atoms with Crippen LogP contribution in [0.2, 0.25) is 0 Å². The van der Waals surface area contributed by atoms with Gasteiger partial charge in [0.05, 0.1) is 22.7 Å². The first-order chi connectivity index (χ1) is 11.7. The maximum Gasteiger partial charge on any atom is 0.269 e. The third-order valence-electron chi connectivity index (χ3n) is 4.83. The lowest BCUT2D eigenvalue weighted by atomic mass is 10.0. The van der Waals surface area contributed by atoms with Crippen LogP contribution in [0.25, 0.3) is 0 Å². The van der Waals surface area contributed by atoms with Crippen LogP contribution in [-0.4, -0.2) is 27.7 Å². The molecule has 2 aromatic carbocycles. The SMILES string of the molecule is CCCC1N=C(c2ccccc2)C2C(c3ccc([N+](=O)[O-])cc3)N12. The van der Waals surface area contributed by atoms with Gasteiger partial charge in [-0.05, 0) is 17.5 Å². The summed E-state index contributed by atoms with van der Waals surface area (Å²) in [6.07, 6.45) is 2.35. The zero-order chi connectivity index (χ0) is 16.7. The Kier molecular flexibility index (Phi) is 3.65. The van der Waals surface area contributed by atoms with Gasteiger partial charge in [-0.25, -0.2) is 0 Å². The minimum absolute atomic E-state index is 0.140. The van der Waals surface area contributed by atoms with E-state index in [1.54, 1.807) is 12.1 Å². The largest absolute Gasteiger partial charge is 0.269 e. The van der Waals surface area contributed by atoms with Gasteiger partial charge in [0.2, 0.25) is 0 Å².